The molecule has 1 heterocycles. The Morgan fingerprint density at radius 3 is 2.67 bits per heavy atom. The zero-order valence-electron chi connectivity index (χ0n) is 11.0. The van der Waals surface area contributed by atoms with Crippen molar-refractivity contribution in [3.8, 4) is 0 Å². The van der Waals surface area contributed by atoms with Crippen LogP contribution >= 0.6 is 0 Å². The van der Waals surface area contributed by atoms with Crippen LogP contribution < -0.4 is 5.32 Å². The number of nitrogens with one attached hydrogen (secondary N) is 1. The first-order valence-electron chi connectivity index (χ1n) is 6.60. The van der Waals surface area contributed by atoms with E-state index >= 15 is 0 Å². The second-order valence-electron chi connectivity index (χ2n) is 6.01. The summed E-state index contributed by atoms with van der Waals surface area (Å²) in [5.74, 6) is 0. The summed E-state index contributed by atoms with van der Waals surface area (Å²) < 4.78 is 0. The maximum absolute atomic E-state index is 4.34. The fourth-order valence-corrected chi connectivity index (χ4v) is 2.85. The highest BCUT2D eigenvalue weighted by Gasteiger charge is 2.30. The van der Waals surface area contributed by atoms with Gasteiger partial charge in [0.2, 0.25) is 0 Å². The zero-order chi connectivity index (χ0) is 12.6. The Balaban J connectivity index is 1.79. The molecule has 0 radical (unpaired) electrons. The molecular weight excluding hydrogens is 222 g/mol. The highest BCUT2D eigenvalue weighted by molar-refractivity contribution is 5.78. The van der Waals surface area contributed by atoms with Crippen molar-refractivity contribution in [2.45, 2.75) is 39.2 Å². The van der Waals surface area contributed by atoms with E-state index in [1.54, 1.807) is 12.4 Å². The van der Waals surface area contributed by atoms with Crippen molar-refractivity contribution in [1.82, 2.24) is 9.97 Å². The van der Waals surface area contributed by atoms with Crippen LogP contribution in [0.3, 0.4) is 0 Å². The van der Waals surface area contributed by atoms with Crippen molar-refractivity contribution in [1.29, 1.82) is 0 Å². The molecule has 1 atom stereocenters. The van der Waals surface area contributed by atoms with Gasteiger partial charge in [0.1, 0.15) is 0 Å². The molecule has 0 spiro atoms. The van der Waals surface area contributed by atoms with E-state index in [0.29, 0.717) is 11.5 Å². The van der Waals surface area contributed by atoms with E-state index in [2.05, 4.69) is 41.3 Å². The minimum Gasteiger partial charge on any atom is -0.382 e. The largest absolute Gasteiger partial charge is 0.382 e. The van der Waals surface area contributed by atoms with Crippen LogP contribution in [-0.4, -0.2) is 16.0 Å². The predicted molar refractivity (Wildman–Crippen MR) is 74.6 cm³/mol. The van der Waals surface area contributed by atoms with Gasteiger partial charge in [-0.3, -0.25) is 9.97 Å². The van der Waals surface area contributed by atoms with Gasteiger partial charge in [-0.25, -0.2) is 0 Å². The fraction of sp³-hybridized carbons (Fsp3) is 0.467. The molecule has 0 bridgehead atoms. The third-order valence-corrected chi connectivity index (χ3v) is 3.81. The summed E-state index contributed by atoms with van der Waals surface area (Å²) in [6.07, 6.45) is 7.27. The normalized spacial score (nSPS) is 22.2. The van der Waals surface area contributed by atoms with Gasteiger partial charge in [0, 0.05) is 24.1 Å². The number of rotatable bonds is 2. The predicted octanol–water partition coefficient (Wildman–Crippen LogP) is 3.62. The number of fused-ring (bicyclic) bond motifs is 1. The Hall–Kier alpha value is -1.64. The third-order valence-electron chi connectivity index (χ3n) is 3.81. The lowest BCUT2D eigenvalue weighted by Crippen LogP contribution is -2.17. The molecule has 1 aromatic heterocycles. The average molecular weight is 241 g/mol. The van der Waals surface area contributed by atoms with Gasteiger partial charge in [0.25, 0.3) is 0 Å². The number of hydrogen-bond donors (Lipinski definition) is 1. The number of benzene rings is 1. The maximum Gasteiger partial charge on any atom is 0.0907 e. The minimum atomic E-state index is 0.480. The van der Waals surface area contributed by atoms with Crippen molar-refractivity contribution >= 4 is 16.7 Å². The SMILES string of the molecule is CC1(C)CCC(Nc2ccc3nccnc3c2)C1. The molecule has 1 aliphatic rings. The fourth-order valence-electron chi connectivity index (χ4n) is 2.85. The molecule has 18 heavy (non-hydrogen) atoms. The van der Waals surface area contributed by atoms with E-state index in [9.17, 15) is 0 Å². The Morgan fingerprint density at radius 1 is 1.17 bits per heavy atom. The van der Waals surface area contributed by atoms with E-state index in [4.69, 9.17) is 0 Å². The van der Waals surface area contributed by atoms with Gasteiger partial charge in [-0.15, -0.1) is 0 Å². The van der Waals surface area contributed by atoms with E-state index in [1.165, 1.54) is 19.3 Å². The van der Waals surface area contributed by atoms with Crippen LogP contribution in [0.15, 0.2) is 30.6 Å². The molecular formula is C15H19N3. The lowest BCUT2D eigenvalue weighted by Gasteiger charge is -2.18. The number of hydrogen-bond acceptors (Lipinski definition) is 3. The van der Waals surface area contributed by atoms with Gasteiger partial charge in [-0.05, 0) is 42.9 Å². The molecule has 2 aromatic rings. The van der Waals surface area contributed by atoms with Crippen LogP contribution in [0.5, 0.6) is 0 Å². The van der Waals surface area contributed by atoms with Gasteiger partial charge in [-0.2, -0.15) is 0 Å². The number of anilines is 1. The molecule has 1 saturated carbocycles. The van der Waals surface area contributed by atoms with Crippen LogP contribution in [0.4, 0.5) is 5.69 Å². The standard InChI is InChI=1S/C15H19N3/c1-15(2)6-5-12(10-15)18-11-3-4-13-14(9-11)17-8-7-16-13/h3-4,7-9,12,18H,5-6,10H2,1-2H3. The zero-order valence-corrected chi connectivity index (χ0v) is 11.0. The van der Waals surface area contributed by atoms with Gasteiger partial charge < -0.3 is 5.32 Å². The van der Waals surface area contributed by atoms with Crippen LogP contribution in [0.25, 0.3) is 11.0 Å². The van der Waals surface area contributed by atoms with Crippen molar-refractivity contribution in [2.75, 3.05) is 5.32 Å². The van der Waals surface area contributed by atoms with Crippen molar-refractivity contribution in [3.63, 3.8) is 0 Å². The second-order valence-corrected chi connectivity index (χ2v) is 6.01. The maximum atomic E-state index is 4.34. The van der Waals surface area contributed by atoms with Crippen LogP contribution in [-0.2, 0) is 0 Å². The van der Waals surface area contributed by atoms with Gasteiger partial charge in [0.15, 0.2) is 0 Å². The summed E-state index contributed by atoms with van der Waals surface area (Å²) in [7, 11) is 0. The van der Waals surface area contributed by atoms with Crippen molar-refractivity contribution in [2.24, 2.45) is 5.41 Å². The van der Waals surface area contributed by atoms with E-state index in [0.717, 1.165) is 16.7 Å². The molecule has 1 unspecified atom stereocenters. The highest BCUT2D eigenvalue weighted by Crippen LogP contribution is 2.38. The quantitative estimate of drug-likeness (QED) is 0.872. The van der Waals surface area contributed by atoms with Crippen LogP contribution in [0.2, 0.25) is 0 Å². The molecule has 94 valence electrons. The summed E-state index contributed by atoms with van der Waals surface area (Å²) in [4.78, 5) is 8.63. The van der Waals surface area contributed by atoms with E-state index in [-0.39, 0.29) is 0 Å². The summed E-state index contributed by atoms with van der Waals surface area (Å²) in [6, 6.07) is 6.81. The first-order valence-corrected chi connectivity index (χ1v) is 6.60. The monoisotopic (exact) mass is 241 g/mol. The molecule has 0 saturated heterocycles. The first kappa shape index (κ1) is 11.5. The van der Waals surface area contributed by atoms with Gasteiger partial charge >= 0.3 is 0 Å². The topological polar surface area (TPSA) is 37.8 Å². The molecule has 3 heteroatoms. The number of nitrogens with zero attached hydrogens (tertiary/aromatic N) is 2. The Morgan fingerprint density at radius 2 is 1.94 bits per heavy atom. The molecule has 1 N–H and O–H groups in total. The Kier molecular flexibility index (Phi) is 2.69. The minimum absolute atomic E-state index is 0.480. The number of aromatic nitrogens is 2. The summed E-state index contributed by atoms with van der Waals surface area (Å²) in [5.41, 5.74) is 3.55. The van der Waals surface area contributed by atoms with Gasteiger partial charge in [0.05, 0.1) is 11.0 Å². The lowest BCUT2D eigenvalue weighted by atomic mass is 9.92. The first-order chi connectivity index (χ1) is 8.62. The molecule has 1 aliphatic carbocycles. The van der Waals surface area contributed by atoms with E-state index in [1.807, 2.05) is 6.07 Å². The molecule has 3 nitrogen and oxygen atoms in total. The van der Waals surface area contributed by atoms with Crippen molar-refractivity contribution < 1.29 is 0 Å². The lowest BCUT2D eigenvalue weighted by molar-refractivity contribution is 0.378. The molecule has 0 aliphatic heterocycles. The Bertz CT molecular complexity index is 562. The molecule has 1 fully saturated rings. The summed E-state index contributed by atoms with van der Waals surface area (Å²) >= 11 is 0. The van der Waals surface area contributed by atoms with E-state index < -0.39 is 0 Å². The molecule has 0 amide bonds. The van der Waals surface area contributed by atoms with Crippen molar-refractivity contribution in [3.05, 3.63) is 30.6 Å². The van der Waals surface area contributed by atoms with Gasteiger partial charge in [-0.1, -0.05) is 13.8 Å². The molecule has 3 rings (SSSR count). The molecule has 1 aromatic carbocycles. The third kappa shape index (κ3) is 2.30. The summed E-state index contributed by atoms with van der Waals surface area (Å²) in [6.45, 7) is 4.70. The average Bonchev–Trinajstić information content (AvgIpc) is 2.68. The summed E-state index contributed by atoms with van der Waals surface area (Å²) in [5, 5.41) is 3.62. The second kappa shape index (κ2) is 4.23. The van der Waals surface area contributed by atoms with Crippen LogP contribution in [0, 0.1) is 5.41 Å². The highest BCUT2D eigenvalue weighted by atomic mass is 14.9. The smallest absolute Gasteiger partial charge is 0.0907 e. The Labute approximate surface area is 108 Å². The van der Waals surface area contributed by atoms with Crippen LogP contribution in [0.1, 0.15) is 33.1 Å².